The Kier molecular flexibility index (Phi) is 8.95. The Hall–Kier alpha value is -4.63. The summed E-state index contributed by atoms with van der Waals surface area (Å²) < 4.78 is 23.1. The summed E-state index contributed by atoms with van der Waals surface area (Å²) in [6.07, 6.45) is 5.90. The van der Waals surface area contributed by atoms with Gasteiger partial charge in [0.1, 0.15) is 23.6 Å². The first kappa shape index (κ1) is 27.9. The van der Waals surface area contributed by atoms with E-state index >= 15 is 0 Å². The lowest BCUT2D eigenvalue weighted by atomic mass is 10.1. The van der Waals surface area contributed by atoms with Crippen molar-refractivity contribution in [2.75, 3.05) is 19.0 Å². The second kappa shape index (κ2) is 13.1. The Morgan fingerprint density at radius 3 is 2.46 bits per heavy atom. The smallest absolute Gasteiger partial charge is 0.323 e. The molecule has 3 N–H and O–H groups in total. The van der Waals surface area contributed by atoms with Crippen LogP contribution >= 0.6 is 0 Å². The lowest BCUT2D eigenvalue weighted by Crippen LogP contribution is -2.35. The molecule has 0 aliphatic heterocycles. The third-order valence-corrected chi connectivity index (χ3v) is 6.94. The molecule has 41 heavy (non-hydrogen) atoms. The molecule has 212 valence electrons. The van der Waals surface area contributed by atoms with Crippen LogP contribution in [-0.2, 0) is 9.53 Å². The lowest BCUT2D eigenvalue weighted by Gasteiger charge is -2.17. The SMILES string of the molecule is COc1cc2c(Oc3ccc(C(=O)Nc4ccccc4)cc3)ccnc2cc1OCCC(N)C(=O)OC1CCCC1. The van der Waals surface area contributed by atoms with E-state index in [1.807, 2.05) is 30.3 Å². The summed E-state index contributed by atoms with van der Waals surface area (Å²) in [5.41, 5.74) is 7.91. The number of aromatic nitrogens is 1. The number of pyridine rings is 1. The second-order valence-corrected chi connectivity index (χ2v) is 9.86. The molecule has 0 spiro atoms. The summed E-state index contributed by atoms with van der Waals surface area (Å²) in [5, 5.41) is 3.59. The van der Waals surface area contributed by atoms with Gasteiger partial charge in [-0.3, -0.25) is 14.6 Å². The molecule has 1 heterocycles. The molecule has 0 radical (unpaired) electrons. The van der Waals surface area contributed by atoms with Crippen LogP contribution in [0.2, 0.25) is 0 Å². The van der Waals surface area contributed by atoms with E-state index in [2.05, 4.69) is 10.3 Å². The van der Waals surface area contributed by atoms with Crippen molar-refractivity contribution in [1.29, 1.82) is 0 Å². The van der Waals surface area contributed by atoms with Gasteiger partial charge in [0.05, 0.1) is 19.2 Å². The van der Waals surface area contributed by atoms with Crippen LogP contribution in [0.5, 0.6) is 23.0 Å². The van der Waals surface area contributed by atoms with Crippen molar-refractivity contribution < 1.29 is 28.5 Å². The molecule has 1 saturated carbocycles. The van der Waals surface area contributed by atoms with Gasteiger partial charge in [-0.05, 0) is 74.2 Å². The molecule has 9 nitrogen and oxygen atoms in total. The van der Waals surface area contributed by atoms with Crippen molar-refractivity contribution in [2.24, 2.45) is 5.73 Å². The highest BCUT2D eigenvalue weighted by molar-refractivity contribution is 6.04. The first-order valence-electron chi connectivity index (χ1n) is 13.7. The van der Waals surface area contributed by atoms with Gasteiger partial charge in [0.25, 0.3) is 5.91 Å². The number of fused-ring (bicyclic) bond motifs is 1. The molecule has 1 unspecified atom stereocenters. The van der Waals surface area contributed by atoms with Crippen LogP contribution in [0.3, 0.4) is 0 Å². The Morgan fingerprint density at radius 1 is 0.976 bits per heavy atom. The van der Waals surface area contributed by atoms with Crippen molar-refractivity contribution in [1.82, 2.24) is 4.98 Å². The fraction of sp³-hybridized carbons (Fsp3) is 0.281. The maximum atomic E-state index is 12.6. The number of anilines is 1. The monoisotopic (exact) mass is 555 g/mol. The number of para-hydroxylation sites is 1. The maximum absolute atomic E-state index is 12.6. The zero-order chi connectivity index (χ0) is 28.6. The average Bonchev–Trinajstić information content (AvgIpc) is 3.51. The van der Waals surface area contributed by atoms with Gasteiger partial charge in [-0.1, -0.05) is 18.2 Å². The summed E-state index contributed by atoms with van der Waals surface area (Å²) in [6.45, 7) is 0.211. The van der Waals surface area contributed by atoms with Gasteiger partial charge < -0.3 is 30.0 Å². The average molecular weight is 556 g/mol. The van der Waals surface area contributed by atoms with E-state index in [0.29, 0.717) is 40.5 Å². The molecule has 4 aromatic rings. The molecule has 1 aliphatic carbocycles. The zero-order valence-corrected chi connectivity index (χ0v) is 22.9. The van der Waals surface area contributed by atoms with Gasteiger partial charge in [0, 0.05) is 35.3 Å². The van der Waals surface area contributed by atoms with Gasteiger partial charge in [-0.25, -0.2) is 0 Å². The molecule has 1 aromatic heterocycles. The highest BCUT2D eigenvalue weighted by atomic mass is 16.5. The van der Waals surface area contributed by atoms with E-state index in [4.69, 9.17) is 24.7 Å². The van der Waals surface area contributed by atoms with Crippen molar-refractivity contribution in [3.05, 3.63) is 84.6 Å². The van der Waals surface area contributed by atoms with Gasteiger partial charge in [0.2, 0.25) is 0 Å². The normalized spacial score (nSPS) is 13.9. The van der Waals surface area contributed by atoms with Crippen LogP contribution < -0.4 is 25.3 Å². The Labute approximate surface area is 238 Å². The van der Waals surface area contributed by atoms with E-state index in [9.17, 15) is 9.59 Å². The minimum absolute atomic E-state index is 0.0189. The Bertz CT molecular complexity index is 1490. The van der Waals surface area contributed by atoms with Crippen LogP contribution in [0.25, 0.3) is 10.9 Å². The number of methoxy groups -OCH3 is 1. The summed E-state index contributed by atoms with van der Waals surface area (Å²) in [6, 6.07) is 20.7. The summed E-state index contributed by atoms with van der Waals surface area (Å²) in [5.74, 6) is 1.50. The van der Waals surface area contributed by atoms with Gasteiger partial charge in [-0.15, -0.1) is 0 Å². The number of amides is 1. The molecule has 9 heteroatoms. The number of rotatable bonds is 11. The summed E-state index contributed by atoms with van der Waals surface area (Å²) in [4.78, 5) is 29.3. The van der Waals surface area contributed by atoms with Crippen LogP contribution in [0.15, 0.2) is 79.0 Å². The number of nitrogens with one attached hydrogen (secondary N) is 1. The fourth-order valence-electron chi connectivity index (χ4n) is 4.69. The minimum atomic E-state index is -0.754. The summed E-state index contributed by atoms with van der Waals surface area (Å²) in [7, 11) is 1.55. The van der Waals surface area contributed by atoms with Crippen molar-refractivity contribution in [3.63, 3.8) is 0 Å². The Morgan fingerprint density at radius 2 is 1.73 bits per heavy atom. The second-order valence-electron chi connectivity index (χ2n) is 9.86. The van der Waals surface area contributed by atoms with E-state index in [1.54, 1.807) is 55.8 Å². The molecule has 3 aromatic carbocycles. The van der Waals surface area contributed by atoms with Crippen molar-refractivity contribution in [3.8, 4) is 23.0 Å². The van der Waals surface area contributed by atoms with Crippen LogP contribution in [-0.4, -0.2) is 42.7 Å². The molecular weight excluding hydrogens is 522 g/mol. The number of nitrogens with two attached hydrogens (primary N) is 1. The topological polar surface area (TPSA) is 122 Å². The minimum Gasteiger partial charge on any atom is -0.493 e. The standard InChI is InChI=1S/C32H33N3O6/c1-38-29-19-25-27(20-30(29)39-18-16-26(33)32(37)41-23-9-5-6-10-23)34-17-15-28(25)40-24-13-11-21(12-14-24)31(36)35-22-7-3-2-4-8-22/h2-4,7-8,11-15,17,19-20,23,26H,5-6,9-10,16,18,33H2,1H3,(H,35,36). The van der Waals surface area contributed by atoms with Crippen LogP contribution in [0, 0.1) is 0 Å². The number of nitrogens with zero attached hydrogens (tertiary/aromatic N) is 1. The molecule has 0 saturated heterocycles. The van der Waals surface area contributed by atoms with Gasteiger partial charge in [-0.2, -0.15) is 0 Å². The maximum Gasteiger partial charge on any atom is 0.323 e. The lowest BCUT2D eigenvalue weighted by molar-refractivity contribution is -0.150. The van der Waals surface area contributed by atoms with Gasteiger partial charge in [0.15, 0.2) is 11.5 Å². The van der Waals surface area contributed by atoms with E-state index in [-0.39, 0.29) is 24.6 Å². The van der Waals surface area contributed by atoms with Crippen molar-refractivity contribution >= 4 is 28.5 Å². The predicted molar refractivity (Wildman–Crippen MR) is 156 cm³/mol. The third kappa shape index (κ3) is 7.12. The van der Waals surface area contributed by atoms with E-state index < -0.39 is 6.04 Å². The highest BCUT2D eigenvalue weighted by Gasteiger charge is 2.23. The number of hydrogen-bond donors (Lipinski definition) is 2. The molecule has 0 bridgehead atoms. The van der Waals surface area contributed by atoms with E-state index in [0.717, 1.165) is 36.8 Å². The van der Waals surface area contributed by atoms with Gasteiger partial charge >= 0.3 is 5.97 Å². The fourth-order valence-corrected chi connectivity index (χ4v) is 4.69. The zero-order valence-electron chi connectivity index (χ0n) is 22.9. The number of ether oxygens (including phenoxy) is 4. The quantitative estimate of drug-likeness (QED) is 0.220. The third-order valence-electron chi connectivity index (χ3n) is 6.94. The number of benzene rings is 3. The number of carbonyl (C=O) groups excluding carboxylic acids is 2. The van der Waals surface area contributed by atoms with Crippen LogP contribution in [0.4, 0.5) is 5.69 Å². The largest absolute Gasteiger partial charge is 0.493 e. The Balaban J connectivity index is 1.23. The molecule has 5 rings (SSSR count). The van der Waals surface area contributed by atoms with Crippen molar-refractivity contribution in [2.45, 2.75) is 44.2 Å². The first-order chi connectivity index (χ1) is 20.0. The first-order valence-corrected chi connectivity index (χ1v) is 13.7. The van der Waals surface area contributed by atoms with Crippen LogP contribution in [0.1, 0.15) is 42.5 Å². The molecule has 1 aliphatic rings. The molecule has 1 amide bonds. The number of carbonyl (C=O) groups is 2. The summed E-state index contributed by atoms with van der Waals surface area (Å²) >= 11 is 0. The predicted octanol–water partition coefficient (Wildman–Crippen LogP) is 5.87. The number of esters is 1. The molecule has 1 fully saturated rings. The van der Waals surface area contributed by atoms with E-state index in [1.165, 1.54) is 0 Å². The molecule has 1 atom stereocenters. The molecular formula is C32H33N3O6. The number of hydrogen-bond acceptors (Lipinski definition) is 8. The highest BCUT2D eigenvalue weighted by Crippen LogP contribution is 2.37.